The first-order valence-corrected chi connectivity index (χ1v) is 6.98. The van der Waals surface area contributed by atoms with E-state index < -0.39 is 6.29 Å². The van der Waals surface area contributed by atoms with Crippen molar-refractivity contribution in [2.45, 2.75) is 27.1 Å². The number of aliphatic hydroxyl groups excluding tert-OH is 1. The molecular weight excluding hydrogens is 343 g/mol. The first-order valence-electron chi connectivity index (χ1n) is 5.90. The van der Waals surface area contributed by atoms with Crippen molar-refractivity contribution in [2.24, 2.45) is 5.92 Å². The third-order valence-electron chi connectivity index (χ3n) is 2.49. The molecule has 1 atom stereocenters. The smallest absolute Gasteiger partial charge is 0.184 e. The summed E-state index contributed by atoms with van der Waals surface area (Å²) in [6.07, 6.45) is 4.55. The van der Waals surface area contributed by atoms with Gasteiger partial charge in [-0.15, -0.1) is 0 Å². The van der Waals surface area contributed by atoms with E-state index in [0.29, 0.717) is 17.9 Å². The number of hydrogen-bond acceptors (Lipinski definition) is 4. The van der Waals surface area contributed by atoms with Gasteiger partial charge in [-0.3, -0.25) is 0 Å². The topological polar surface area (TPSA) is 65.3 Å². The molecule has 0 amide bonds. The Balaban J connectivity index is 3.15. The number of ether oxygens (including phenoxy) is 1. The number of nitrogens with one attached hydrogen (secondary N) is 2. The zero-order valence-electron chi connectivity index (χ0n) is 10.8. The lowest BCUT2D eigenvalue weighted by atomic mass is 9.97. The molecule has 3 N–H and O–H groups in total. The van der Waals surface area contributed by atoms with E-state index in [4.69, 9.17) is 10.1 Å². The molecule has 0 spiro atoms. The van der Waals surface area contributed by atoms with Gasteiger partial charge in [0, 0.05) is 27.8 Å². The number of halogens is 1. The lowest BCUT2D eigenvalue weighted by molar-refractivity contribution is -0.0640. The Morgan fingerprint density at radius 2 is 2.22 bits per heavy atom. The van der Waals surface area contributed by atoms with Gasteiger partial charge in [0.2, 0.25) is 0 Å². The van der Waals surface area contributed by atoms with Crippen LogP contribution in [0.15, 0.2) is 33.2 Å². The third-order valence-corrected chi connectivity index (χ3v) is 3.16. The molecule has 0 aliphatic carbocycles. The number of aliphatic hydroxyl groups is 1. The highest BCUT2D eigenvalue weighted by Crippen LogP contribution is 2.22. The molecule has 0 fully saturated rings. The molecule has 0 aromatic heterocycles. The van der Waals surface area contributed by atoms with Gasteiger partial charge in [-0.2, -0.15) is 0 Å². The fourth-order valence-electron chi connectivity index (χ4n) is 1.56. The van der Waals surface area contributed by atoms with E-state index in [1.165, 1.54) is 0 Å². The van der Waals surface area contributed by atoms with Gasteiger partial charge < -0.3 is 20.6 Å². The van der Waals surface area contributed by atoms with E-state index in [-0.39, 0.29) is 5.92 Å². The van der Waals surface area contributed by atoms with Crippen molar-refractivity contribution in [1.82, 2.24) is 5.32 Å². The first kappa shape index (κ1) is 15.4. The van der Waals surface area contributed by atoms with Crippen LogP contribution in [0.2, 0.25) is 0 Å². The average Bonchev–Trinajstić information content (AvgIpc) is 2.29. The highest BCUT2D eigenvalue weighted by atomic mass is 127. The fourth-order valence-corrected chi connectivity index (χ4v) is 2.05. The molecule has 100 valence electrons. The molecule has 4 nitrogen and oxygen atoms in total. The molecule has 1 heterocycles. The normalized spacial score (nSPS) is 19.3. The van der Waals surface area contributed by atoms with Gasteiger partial charge >= 0.3 is 0 Å². The second-order valence-corrected chi connectivity index (χ2v) is 5.46. The van der Waals surface area contributed by atoms with Gasteiger partial charge in [0.05, 0.1) is 5.57 Å². The summed E-state index contributed by atoms with van der Waals surface area (Å²) < 4.78 is 6.27. The maximum Gasteiger partial charge on any atom is 0.184 e. The molecule has 1 unspecified atom stereocenters. The molecule has 0 bridgehead atoms. The van der Waals surface area contributed by atoms with Crippen molar-refractivity contribution in [2.75, 3.05) is 6.61 Å². The first-order chi connectivity index (χ1) is 8.47. The minimum atomic E-state index is -1.07. The maximum atomic E-state index is 10.1. The largest absolute Gasteiger partial charge is 0.364 e. The molecule has 0 saturated carbocycles. The number of dihydropyridines is 1. The van der Waals surface area contributed by atoms with Crippen molar-refractivity contribution < 1.29 is 9.84 Å². The van der Waals surface area contributed by atoms with Crippen LogP contribution >= 0.6 is 22.6 Å². The van der Waals surface area contributed by atoms with E-state index in [9.17, 15) is 5.11 Å². The van der Waals surface area contributed by atoms with Crippen LogP contribution in [0.1, 0.15) is 20.8 Å². The standard InChI is InChI=1S/C13H19IN2O2/c1-4-18-13(17)11(12(15)8(2)3)10-7-9(14)5-6-16-10/h5-8,13,15-17H,4H2,1-3H3/b11-10+,15-12?. The highest BCUT2D eigenvalue weighted by molar-refractivity contribution is 14.1. The average molecular weight is 362 g/mol. The second kappa shape index (κ2) is 7.06. The lowest BCUT2D eigenvalue weighted by Gasteiger charge is -2.22. The van der Waals surface area contributed by atoms with Gasteiger partial charge in [0.25, 0.3) is 0 Å². The highest BCUT2D eigenvalue weighted by Gasteiger charge is 2.22. The van der Waals surface area contributed by atoms with Crippen LogP contribution in [-0.4, -0.2) is 23.7 Å². The summed E-state index contributed by atoms with van der Waals surface area (Å²) >= 11 is 2.20. The van der Waals surface area contributed by atoms with E-state index in [1.807, 2.05) is 32.9 Å². The molecule has 1 aliphatic rings. The molecule has 0 aromatic carbocycles. The summed E-state index contributed by atoms with van der Waals surface area (Å²) in [7, 11) is 0. The summed E-state index contributed by atoms with van der Waals surface area (Å²) in [4.78, 5) is 0. The van der Waals surface area contributed by atoms with Crippen molar-refractivity contribution in [3.63, 3.8) is 0 Å². The minimum Gasteiger partial charge on any atom is -0.364 e. The molecular formula is C13H19IN2O2. The lowest BCUT2D eigenvalue weighted by Crippen LogP contribution is -2.28. The molecule has 1 rings (SSSR count). The monoisotopic (exact) mass is 362 g/mol. The van der Waals surface area contributed by atoms with Gasteiger partial charge in [-0.05, 0) is 47.6 Å². The Hall–Kier alpha value is -0.660. The van der Waals surface area contributed by atoms with Crippen LogP contribution in [0.25, 0.3) is 0 Å². The Kier molecular flexibility index (Phi) is 6.04. The Bertz CT molecular complexity index is 411. The summed E-state index contributed by atoms with van der Waals surface area (Å²) in [5.41, 5.74) is 1.61. The molecule has 0 saturated heterocycles. The van der Waals surface area contributed by atoms with Crippen LogP contribution in [0.5, 0.6) is 0 Å². The van der Waals surface area contributed by atoms with Crippen LogP contribution in [-0.2, 0) is 4.74 Å². The summed E-state index contributed by atoms with van der Waals surface area (Å²) in [5, 5.41) is 21.2. The van der Waals surface area contributed by atoms with Gasteiger partial charge in [-0.25, -0.2) is 0 Å². The molecule has 0 radical (unpaired) electrons. The Morgan fingerprint density at radius 3 is 2.72 bits per heavy atom. The Morgan fingerprint density at radius 1 is 1.56 bits per heavy atom. The van der Waals surface area contributed by atoms with Gasteiger partial charge in [-0.1, -0.05) is 13.8 Å². The van der Waals surface area contributed by atoms with Crippen LogP contribution in [0.4, 0.5) is 0 Å². The number of hydrogen-bond donors (Lipinski definition) is 3. The SMILES string of the molecule is CCOC(O)/C(C(=N)C(C)C)=C1\C=C(I)C=CN1. The predicted octanol–water partition coefficient (Wildman–Crippen LogP) is 2.71. The van der Waals surface area contributed by atoms with Crippen LogP contribution in [0.3, 0.4) is 0 Å². The fraction of sp³-hybridized carbons (Fsp3) is 0.462. The number of rotatable bonds is 5. The summed E-state index contributed by atoms with van der Waals surface area (Å²) in [6.45, 7) is 6.07. The molecule has 5 heteroatoms. The van der Waals surface area contributed by atoms with Crippen molar-refractivity contribution in [3.8, 4) is 0 Å². The van der Waals surface area contributed by atoms with Crippen LogP contribution in [0, 0.1) is 11.3 Å². The second-order valence-electron chi connectivity index (χ2n) is 4.21. The van der Waals surface area contributed by atoms with E-state index in [0.717, 1.165) is 9.28 Å². The van der Waals surface area contributed by atoms with Crippen molar-refractivity contribution >= 4 is 28.3 Å². The predicted molar refractivity (Wildman–Crippen MR) is 81.6 cm³/mol. The maximum absolute atomic E-state index is 10.1. The van der Waals surface area contributed by atoms with Crippen LogP contribution < -0.4 is 5.32 Å². The van der Waals surface area contributed by atoms with Gasteiger partial charge in [0.15, 0.2) is 6.29 Å². The molecule has 1 aliphatic heterocycles. The van der Waals surface area contributed by atoms with Crippen molar-refractivity contribution in [1.29, 1.82) is 5.41 Å². The molecule has 18 heavy (non-hydrogen) atoms. The van der Waals surface area contributed by atoms with Crippen molar-refractivity contribution in [3.05, 3.63) is 33.2 Å². The zero-order valence-corrected chi connectivity index (χ0v) is 13.0. The van der Waals surface area contributed by atoms with Gasteiger partial charge in [0.1, 0.15) is 0 Å². The number of allylic oxidation sites excluding steroid dienone is 3. The van der Waals surface area contributed by atoms with E-state index in [2.05, 4.69) is 27.9 Å². The molecule has 0 aromatic rings. The summed E-state index contributed by atoms with van der Waals surface area (Å²) in [5.74, 6) is 0.0290. The van der Waals surface area contributed by atoms with E-state index >= 15 is 0 Å². The quantitative estimate of drug-likeness (QED) is 0.400. The third kappa shape index (κ3) is 3.93. The summed E-state index contributed by atoms with van der Waals surface area (Å²) in [6, 6.07) is 0. The Labute approximate surface area is 121 Å². The van der Waals surface area contributed by atoms with E-state index in [1.54, 1.807) is 6.20 Å². The zero-order chi connectivity index (χ0) is 13.7. The minimum absolute atomic E-state index is 0.0290.